The highest BCUT2D eigenvalue weighted by molar-refractivity contribution is 5.76. The second kappa shape index (κ2) is 9.15. The predicted octanol–water partition coefficient (Wildman–Crippen LogP) is 1.57. The van der Waals surface area contributed by atoms with Crippen molar-refractivity contribution in [3.63, 3.8) is 0 Å². The summed E-state index contributed by atoms with van der Waals surface area (Å²) in [5.74, 6) is 1.52. The number of anilines is 1. The summed E-state index contributed by atoms with van der Waals surface area (Å²) < 4.78 is 10.5. The molecule has 1 saturated heterocycles. The van der Waals surface area contributed by atoms with E-state index in [1.165, 1.54) is 0 Å². The summed E-state index contributed by atoms with van der Waals surface area (Å²) in [6.07, 6.45) is 2.86. The van der Waals surface area contributed by atoms with Crippen molar-refractivity contribution in [1.82, 2.24) is 15.3 Å². The fourth-order valence-electron chi connectivity index (χ4n) is 2.73. The molecule has 7 nitrogen and oxygen atoms in total. The maximum Gasteiger partial charge on any atom is 0.225 e. The van der Waals surface area contributed by atoms with Crippen molar-refractivity contribution in [1.29, 1.82) is 0 Å². The molecule has 1 amide bonds. The van der Waals surface area contributed by atoms with E-state index in [2.05, 4.69) is 20.2 Å². The fraction of sp³-hybridized carbons (Fsp3) is 0.421. The van der Waals surface area contributed by atoms with Crippen LogP contribution in [0.5, 0.6) is 5.75 Å². The maximum atomic E-state index is 12.1. The van der Waals surface area contributed by atoms with Crippen LogP contribution >= 0.6 is 0 Å². The first-order valence-corrected chi connectivity index (χ1v) is 8.79. The zero-order chi connectivity index (χ0) is 18.2. The van der Waals surface area contributed by atoms with Gasteiger partial charge in [-0.25, -0.2) is 9.97 Å². The van der Waals surface area contributed by atoms with E-state index in [4.69, 9.17) is 9.47 Å². The molecule has 1 aromatic carbocycles. The summed E-state index contributed by atoms with van der Waals surface area (Å²) in [6, 6.07) is 9.59. The van der Waals surface area contributed by atoms with Crippen molar-refractivity contribution in [2.24, 2.45) is 0 Å². The standard InChI is InChI=1S/C19H24N4O3/c1-25-17-5-2-15(3-6-17)4-7-18(24)21-14-16-8-9-20-19(22-16)23-10-12-26-13-11-23/h2-3,5-6,8-9H,4,7,10-14H2,1H3,(H,21,24). The average molecular weight is 356 g/mol. The Hall–Kier alpha value is -2.67. The number of hydrogen-bond acceptors (Lipinski definition) is 6. The van der Waals surface area contributed by atoms with E-state index in [-0.39, 0.29) is 5.91 Å². The molecule has 0 bridgehead atoms. The Labute approximate surface area is 153 Å². The number of hydrogen-bond donors (Lipinski definition) is 1. The third-order valence-electron chi connectivity index (χ3n) is 4.26. The van der Waals surface area contributed by atoms with Gasteiger partial charge in [-0.15, -0.1) is 0 Å². The first-order valence-electron chi connectivity index (χ1n) is 8.79. The number of morpholine rings is 1. The number of carbonyl (C=O) groups is 1. The van der Waals surface area contributed by atoms with E-state index in [1.807, 2.05) is 30.3 Å². The number of nitrogens with one attached hydrogen (secondary N) is 1. The molecule has 1 N–H and O–H groups in total. The van der Waals surface area contributed by atoms with Gasteiger partial charge < -0.3 is 19.7 Å². The van der Waals surface area contributed by atoms with Gasteiger partial charge in [-0.1, -0.05) is 12.1 Å². The molecule has 7 heteroatoms. The Bertz CT molecular complexity index is 715. The molecule has 0 unspecified atom stereocenters. The van der Waals surface area contributed by atoms with Gasteiger partial charge in [0.1, 0.15) is 5.75 Å². The van der Waals surface area contributed by atoms with Crippen molar-refractivity contribution < 1.29 is 14.3 Å². The van der Waals surface area contributed by atoms with Gasteiger partial charge in [0, 0.05) is 25.7 Å². The first-order chi connectivity index (χ1) is 12.7. The Morgan fingerprint density at radius 2 is 2.00 bits per heavy atom. The molecular weight excluding hydrogens is 332 g/mol. The number of benzene rings is 1. The van der Waals surface area contributed by atoms with Crippen LogP contribution in [0, 0.1) is 0 Å². The zero-order valence-electron chi connectivity index (χ0n) is 15.0. The van der Waals surface area contributed by atoms with Crippen LogP contribution in [0.25, 0.3) is 0 Å². The van der Waals surface area contributed by atoms with Crippen LogP contribution in [0.3, 0.4) is 0 Å². The lowest BCUT2D eigenvalue weighted by Gasteiger charge is -2.26. The van der Waals surface area contributed by atoms with Gasteiger partial charge in [-0.3, -0.25) is 4.79 Å². The molecule has 1 fully saturated rings. The van der Waals surface area contributed by atoms with Crippen LogP contribution in [0.15, 0.2) is 36.5 Å². The first kappa shape index (κ1) is 18.1. The fourth-order valence-corrected chi connectivity index (χ4v) is 2.73. The summed E-state index contributed by atoms with van der Waals surface area (Å²) in [5.41, 5.74) is 1.91. The molecule has 0 atom stereocenters. The van der Waals surface area contributed by atoms with Crippen LogP contribution in [-0.4, -0.2) is 49.3 Å². The number of carbonyl (C=O) groups excluding carboxylic acids is 1. The summed E-state index contributed by atoms with van der Waals surface area (Å²) in [7, 11) is 1.64. The Morgan fingerprint density at radius 3 is 2.73 bits per heavy atom. The predicted molar refractivity (Wildman–Crippen MR) is 98.2 cm³/mol. The van der Waals surface area contributed by atoms with E-state index in [1.54, 1.807) is 13.3 Å². The summed E-state index contributed by atoms with van der Waals surface area (Å²) in [6.45, 7) is 3.36. The molecule has 0 radical (unpaired) electrons. The molecule has 0 saturated carbocycles. The number of ether oxygens (including phenoxy) is 2. The molecular formula is C19H24N4O3. The van der Waals surface area contributed by atoms with Gasteiger partial charge in [0.25, 0.3) is 0 Å². The summed E-state index contributed by atoms with van der Waals surface area (Å²) >= 11 is 0. The van der Waals surface area contributed by atoms with Gasteiger partial charge in [0.2, 0.25) is 11.9 Å². The minimum Gasteiger partial charge on any atom is -0.497 e. The lowest BCUT2D eigenvalue weighted by molar-refractivity contribution is -0.121. The number of aryl methyl sites for hydroxylation is 1. The van der Waals surface area contributed by atoms with Gasteiger partial charge in [-0.05, 0) is 30.2 Å². The number of methoxy groups -OCH3 is 1. The third kappa shape index (κ3) is 5.16. The largest absolute Gasteiger partial charge is 0.497 e. The van der Waals surface area contributed by atoms with Crippen molar-refractivity contribution in [3.8, 4) is 5.75 Å². The van der Waals surface area contributed by atoms with E-state index in [9.17, 15) is 4.79 Å². The zero-order valence-corrected chi connectivity index (χ0v) is 15.0. The maximum absolute atomic E-state index is 12.1. The van der Waals surface area contributed by atoms with Crippen molar-refractivity contribution in [2.45, 2.75) is 19.4 Å². The van der Waals surface area contributed by atoms with Crippen LogP contribution < -0.4 is 15.0 Å². The summed E-state index contributed by atoms with van der Waals surface area (Å²) in [5, 5.41) is 2.92. The summed E-state index contributed by atoms with van der Waals surface area (Å²) in [4.78, 5) is 23.0. The number of amides is 1. The Kier molecular flexibility index (Phi) is 6.38. The molecule has 1 aliphatic rings. The third-order valence-corrected chi connectivity index (χ3v) is 4.26. The highest BCUT2D eigenvalue weighted by Crippen LogP contribution is 2.13. The van der Waals surface area contributed by atoms with E-state index >= 15 is 0 Å². The minimum atomic E-state index is 0.00681. The second-order valence-corrected chi connectivity index (χ2v) is 6.07. The van der Waals surface area contributed by atoms with Crippen LogP contribution in [0.4, 0.5) is 5.95 Å². The minimum absolute atomic E-state index is 0.00681. The lowest BCUT2D eigenvalue weighted by atomic mass is 10.1. The molecule has 0 spiro atoms. The SMILES string of the molecule is COc1ccc(CCC(=O)NCc2ccnc(N3CCOCC3)n2)cc1. The topological polar surface area (TPSA) is 76.6 Å². The average Bonchev–Trinajstić information content (AvgIpc) is 2.72. The van der Waals surface area contributed by atoms with E-state index in [0.717, 1.165) is 30.1 Å². The molecule has 26 heavy (non-hydrogen) atoms. The molecule has 1 aliphatic heterocycles. The van der Waals surface area contributed by atoms with Crippen molar-refractivity contribution in [2.75, 3.05) is 38.3 Å². The molecule has 1 aromatic heterocycles. The van der Waals surface area contributed by atoms with Crippen LogP contribution in [0.1, 0.15) is 17.7 Å². The highest BCUT2D eigenvalue weighted by atomic mass is 16.5. The van der Waals surface area contributed by atoms with Crippen LogP contribution in [0.2, 0.25) is 0 Å². The lowest BCUT2D eigenvalue weighted by Crippen LogP contribution is -2.37. The Morgan fingerprint density at radius 1 is 1.23 bits per heavy atom. The molecule has 0 aliphatic carbocycles. The van der Waals surface area contributed by atoms with Gasteiger partial charge in [-0.2, -0.15) is 0 Å². The molecule has 138 valence electrons. The smallest absolute Gasteiger partial charge is 0.225 e. The number of rotatable bonds is 7. The van der Waals surface area contributed by atoms with Gasteiger partial charge in [0.15, 0.2) is 0 Å². The van der Waals surface area contributed by atoms with Crippen LogP contribution in [-0.2, 0) is 22.5 Å². The van der Waals surface area contributed by atoms with E-state index < -0.39 is 0 Å². The number of aromatic nitrogens is 2. The van der Waals surface area contributed by atoms with E-state index in [0.29, 0.717) is 38.5 Å². The Balaban J connectivity index is 1.46. The van der Waals surface area contributed by atoms with Gasteiger partial charge in [0.05, 0.1) is 32.6 Å². The quantitative estimate of drug-likeness (QED) is 0.812. The molecule has 2 heterocycles. The monoisotopic (exact) mass is 356 g/mol. The van der Waals surface area contributed by atoms with Gasteiger partial charge >= 0.3 is 0 Å². The number of nitrogens with zero attached hydrogens (tertiary/aromatic N) is 3. The molecule has 3 rings (SSSR count). The van der Waals surface area contributed by atoms with Crippen molar-refractivity contribution >= 4 is 11.9 Å². The normalized spacial score (nSPS) is 14.1. The second-order valence-electron chi connectivity index (χ2n) is 6.07. The van der Waals surface area contributed by atoms with Crippen molar-refractivity contribution in [3.05, 3.63) is 47.8 Å². The highest BCUT2D eigenvalue weighted by Gasteiger charge is 2.14. The molecule has 2 aromatic rings.